The van der Waals surface area contributed by atoms with E-state index in [1.54, 1.807) is 60.2 Å². The third-order valence-corrected chi connectivity index (χ3v) is 5.85. The van der Waals surface area contributed by atoms with E-state index in [0.717, 1.165) is 11.3 Å². The molecule has 4 rings (SSSR count). The molecule has 0 aliphatic carbocycles. The number of methoxy groups -OCH3 is 1. The van der Waals surface area contributed by atoms with Crippen LogP contribution < -0.4 is 21.1 Å². The number of ether oxygens (including phenoxy) is 1. The van der Waals surface area contributed by atoms with Crippen LogP contribution in [0.25, 0.3) is 5.65 Å². The second kappa shape index (κ2) is 10.3. The number of nitrogens with two attached hydrogens (primary N) is 1. The van der Waals surface area contributed by atoms with Gasteiger partial charge in [0, 0.05) is 34.7 Å². The van der Waals surface area contributed by atoms with Crippen LogP contribution in [0.4, 0.5) is 11.4 Å². The minimum absolute atomic E-state index is 0.178. The molecule has 2 aromatic heterocycles. The highest BCUT2D eigenvalue weighted by molar-refractivity contribution is 6.04. The molecule has 10 nitrogen and oxygen atoms in total. The predicted octanol–water partition coefficient (Wildman–Crippen LogP) is 3.28. The van der Waals surface area contributed by atoms with Crippen molar-refractivity contribution in [1.29, 1.82) is 0 Å². The number of nitrogens with zero attached hydrogens (tertiary/aromatic N) is 3. The first-order chi connectivity index (χ1) is 17.3. The number of anilines is 2. The summed E-state index contributed by atoms with van der Waals surface area (Å²) >= 11 is 0. The highest BCUT2D eigenvalue weighted by atomic mass is 16.5. The van der Waals surface area contributed by atoms with E-state index in [1.807, 2.05) is 13.8 Å². The number of benzene rings is 2. The summed E-state index contributed by atoms with van der Waals surface area (Å²) in [6, 6.07) is 13.7. The van der Waals surface area contributed by atoms with E-state index in [9.17, 15) is 14.4 Å². The van der Waals surface area contributed by atoms with Gasteiger partial charge in [0.2, 0.25) is 5.91 Å². The largest absolute Gasteiger partial charge is 0.497 e. The Kier molecular flexibility index (Phi) is 6.95. The van der Waals surface area contributed by atoms with E-state index in [1.165, 1.54) is 6.20 Å². The summed E-state index contributed by atoms with van der Waals surface area (Å²) in [6.07, 6.45) is 2.06. The smallest absolute Gasteiger partial charge is 0.255 e. The Hall–Kier alpha value is -4.73. The van der Waals surface area contributed by atoms with Crippen molar-refractivity contribution in [2.45, 2.75) is 26.7 Å². The molecule has 36 heavy (non-hydrogen) atoms. The van der Waals surface area contributed by atoms with Gasteiger partial charge in [-0.3, -0.25) is 14.4 Å². The van der Waals surface area contributed by atoms with Crippen LogP contribution in [0.3, 0.4) is 0 Å². The van der Waals surface area contributed by atoms with Crippen molar-refractivity contribution in [3.63, 3.8) is 0 Å². The molecule has 0 bridgehead atoms. The summed E-state index contributed by atoms with van der Waals surface area (Å²) in [5.74, 6) is -0.325. The van der Waals surface area contributed by atoms with Gasteiger partial charge in [0.15, 0.2) is 5.65 Å². The maximum Gasteiger partial charge on any atom is 0.255 e. The van der Waals surface area contributed by atoms with Crippen molar-refractivity contribution < 1.29 is 19.1 Å². The molecule has 4 N–H and O–H groups in total. The average molecular weight is 487 g/mol. The molecule has 2 aromatic carbocycles. The monoisotopic (exact) mass is 486 g/mol. The molecular formula is C26H26N6O4. The Labute approximate surface area is 207 Å². The summed E-state index contributed by atoms with van der Waals surface area (Å²) in [4.78, 5) is 41.1. The number of nitrogens with one attached hydrogen (secondary N) is 2. The third kappa shape index (κ3) is 5.17. The van der Waals surface area contributed by atoms with Gasteiger partial charge in [0.1, 0.15) is 11.3 Å². The lowest BCUT2D eigenvalue weighted by atomic mass is 10.1. The first-order valence-corrected chi connectivity index (χ1v) is 11.3. The first kappa shape index (κ1) is 24.4. The third-order valence-electron chi connectivity index (χ3n) is 5.85. The lowest BCUT2D eigenvalue weighted by Gasteiger charge is -2.12. The molecule has 0 spiro atoms. The Morgan fingerprint density at radius 1 is 0.972 bits per heavy atom. The molecule has 0 saturated heterocycles. The number of amides is 3. The fourth-order valence-corrected chi connectivity index (χ4v) is 3.89. The van der Waals surface area contributed by atoms with E-state index in [0.29, 0.717) is 40.4 Å². The van der Waals surface area contributed by atoms with Gasteiger partial charge >= 0.3 is 0 Å². The molecule has 2 heterocycles. The lowest BCUT2D eigenvalue weighted by molar-refractivity contribution is -0.116. The molecule has 0 atom stereocenters. The van der Waals surface area contributed by atoms with Crippen LogP contribution in [0.15, 0.2) is 54.7 Å². The molecule has 184 valence electrons. The predicted molar refractivity (Wildman–Crippen MR) is 135 cm³/mol. The number of carbonyl (C=O) groups excluding carboxylic acids is 3. The Morgan fingerprint density at radius 2 is 1.61 bits per heavy atom. The first-order valence-electron chi connectivity index (χ1n) is 11.3. The zero-order valence-corrected chi connectivity index (χ0v) is 20.2. The van der Waals surface area contributed by atoms with Crippen LogP contribution in [-0.2, 0) is 11.2 Å². The van der Waals surface area contributed by atoms with Gasteiger partial charge in [0.25, 0.3) is 11.8 Å². The molecule has 0 saturated carbocycles. The zero-order chi connectivity index (χ0) is 25.8. The fraction of sp³-hybridized carbons (Fsp3) is 0.192. The van der Waals surface area contributed by atoms with Crippen molar-refractivity contribution in [1.82, 2.24) is 14.6 Å². The minimum Gasteiger partial charge on any atom is -0.497 e. The topological polar surface area (TPSA) is 141 Å². The molecule has 0 aliphatic rings. The van der Waals surface area contributed by atoms with Crippen LogP contribution in [0.1, 0.15) is 44.1 Å². The maximum absolute atomic E-state index is 12.6. The highest BCUT2D eigenvalue weighted by Gasteiger charge is 2.17. The molecule has 0 fully saturated rings. The number of aryl methyl sites for hydroxylation is 2. The van der Waals surface area contributed by atoms with Crippen molar-refractivity contribution >= 4 is 34.7 Å². The normalized spacial score (nSPS) is 10.8. The van der Waals surface area contributed by atoms with Crippen molar-refractivity contribution in [2.24, 2.45) is 5.73 Å². The van der Waals surface area contributed by atoms with Gasteiger partial charge in [-0.05, 0) is 74.4 Å². The van der Waals surface area contributed by atoms with E-state index in [-0.39, 0.29) is 23.8 Å². The average Bonchev–Trinajstić information content (AvgIpc) is 3.29. The number of fused-ring (bicyclic) bond motifs is 1. The summed E-state index contributed by atoms with van der Waals surface area (Å²) < 4.78 is 6.68. The summed E-state index contributed by atoms with van der Waals surface area (Å²) in [5.41, 5.74) is 10.1. The number of hydrogen-bond acceptors (Lipinski definition) is 6. The standard InChI is InChI=1S/C26H26N6O4/c1-15-21(16(2)32-25(29-15)22(14-28-32)24(27)34)12-13-23(33)30-18-6-4-17(5-7-18)26(35)31-19-8-10-20(36-3)11-9-19/h4-11,14H,12-13H2,1-3H3,(H2,27,34)(H,30,33)(H,31,35). The summed E-state index contributed by atoms with van der Waals surface area (Å²) in [5, 5.41) is 9.87. The van der Waals surface area contributed by atoms with E-state index in [2.05, 4.69) is 20.7 Å². The van der Waals surface area contributed by atoms with Crippen LogP contribution in [-0.4, -0.2) is 39.4 Å². The number of primary amides is 1. The maximum atomic E-state index is 12.6. The SMILES string of the molecule is COc1ccc(NC(=O)c2ccc(NC(=O)CCc3c(C)nc4c(C(N)=O)cnn4c3C)cc2)cc1. The molecule has 0 radical (unpaired) electrons. The van der Waals surface area contributed by atoms with Crippen LogP contribution in [0.2, 0.25) is 0 Å². The molecular weight excluding hydrogens is 460 g/mol. The summed E-state index contributed by atoms with van der Waals surface area (Å²) in [7, 11) is 1.58. The van der Waals surface area contributed by atoms with Gasteiger partial charge < -0.3 is 21.1 Å². The van der Waals surface area contributed by atoms with Crippen LogP contribution in [0, 0.1) is 13.8 Å². The molecule has 0 aliphatic heterocycles. The minimum atomic E-state index is -0.590. The number of aromatic nitrogens is 3. The quantitative estimate of drug-likeness (QED) is 0.349. The molecule has 10 heteroatoms. The van der Waals surface area contributed by atoms with Gasteiger partial charge in [-0.2, -0.15) is 5.10 Å². The van der Waals surface area contributed by atoms with E-state index in [4.69, 9.17) is 10.5 Å². The number of rotatable bonds is 8. The van der Waals surface area contributed by atoms with Gasteiger partial charge in [-0.1, -0.05) is 0 Å². The van der Waals surface area contributed by atoms with Crippen molar-refractivity contribution in [3.8, 4) is 5.75 Å². The highest BCUT2D eigenvalue weighted by Crippen LogP contribution is 2.20. The molecule has 0 unspecified atom stereocenters. The Morgan fingerprint density at radius 3 is 2.25 bits per heavy atom. The number of hydrogen-bond donors (Lipinski definition) is 3. The molecule has 3 amide bonds. The van der Waals surface area contributed by atoms with Crippen LogP contribution in [0.5, 0.6) is 5.75 Å². The van der Waals surface area contributed by atoms with Crippen molar-refractivity contribution in [2.75, 3.05) is 17.7 Å². The van der Waals surface area contributed by atoms with E-state index >= 15 is 0 Å². The van der Waals surface area contributed by atoms with Gasteiger partial charge in [-0.25, -0.2) is 9.50 Å². The fourth-order valence-electron chi connectivity index (χ4n) is 3.89. The van der Waals surface area contributed by atoms with E-state index < -0.39 is 5.91 Å². The Balaban J connectivity index is 1.36. The lowest BCUT2D eigenvalue weighted by Crippen LogP contribution is -2.15. The zero-order valence-electron chi connectivity index (χ0n) is 20.2. The second-order valence-corrected chi connectivity index (χ2v) is 8.23. The second-order valence-electron chi connectivity index (χ2n) is 8.23. The molecule has 4 aromatic rings. The summed E-state index contributed by atoms with van der Waals surface area (Å²) in [6.45, 7) is 3.69. The van der Waals surface area contributed by atoms with Crippen molar-refractivity contribution in [3.05, 3.63) is 82.8 Å². The Bertz CT molecular complexity index is 1440. The van der Waals surface area contributed by atoms with Gasteiger partial charge in [0.05, 0.1) is 13.3 Å². The van der Waals surface area contributed by atoms with Gasteiger partial charge in [-0.15, -0.1) is 0 Å². The number of carbonyl (C=O) groups is 3. The van der Waals surface area contributed by atoms with Crippen LogP contribution >= 0.6 is 0 Å².